The van der Waals surface area contributed by atoms with E-state index in [0.717, 1.165) is 30.3 Å². The maximum absolute atomic E-state index is 12.4. The normalized spacial score (nSPS) is 18.9. The van der Waals surface area contributed by atoms with Crippen LogP contribution in [-0.2, 0) is 4.74 Å². The molecule has 23 heavy (non-hydrogen) atoms. The SMILES string of the molecule is CC(C)(C)OC(=O)N1CCCC[C@@H]1Oc1ncnc2[nH]ccc12. The molecular formula is C16H22N4O3. The minimum absolute atomic E-state index is 0.346. The van der Waals surface area contributed by atoms with Gasteiger partial charge in [-0.15, -0.1) is 0 Å². The Hall–Kier alpha value is -2.31. The number of nitrogens with zero attached hydrogens (tertiary/aromatic N) is 3. The van der Waals surface area contributed by atoms with E-state index >= 15 is 0 Å². The molecule has 1 atom stereocenters. The molecule has 1 saturated heterocycles. The lowest BCUT2D eigenvalue weighted by Gasteiger charge is -2.36. The van der Waals surface area contributed by atoms with Crippen LogP contribution < -0.4 is 4.74 Å². The second-order valence-electron chi connectivity index (χ2n) is 6.66. The molecule has 3 rings (SSSR count). The van der Waals surface area contributed by atoms with Crippen LogP contribution >= 0.6 is 0 Å². The van der Waals surface area contributed by atoms with Crippen molar-refractivity contribution in [2.75, 3.05) is 6.54 Å². The van der Waals surface area contributed by atoms with Gasteiger partial charge >= 0.3 is 6.09 Å². The number of piperidine rings is 1. The van der Waals surface area contributed by atoms with Crippen LogP contribution in [0.2, 0.25) is 0 Å². The number of likely N-dealkylation sites (tertiary alicyclic amines) is 1. The summed E-state index contributed by atoms with van der Waals surface area (Å²) in [7, 11) is 0. The van der Waals surface area contributed by atoms with E-state index in [2.05, 4.69) is 15.0 Å². The van der Waals surface area contributed by atoms with E-state index < -0.39 is 5.60 Å². The van der Waals surface area contributed by atoms with Gasteiger partial charge in [0.15, 0.2) is 6.23 Å². The summed E-state index contributed by atoms with van der Waals surface area (Å²) in [6, 6.07) is 1.87. The summed E-state index contributed by atoms with van der Waals surface area (Å²) in [4.78, 5) is 25.4. The third kappa shape index (κ3) is 3.55. The largest absolute Gasteiger partial charge is 0.453 e. The number of hydrogen-bond acceptors (Lipinski definition) is 5. The number of nitrogens with one attached hydrogen (secondary N) is 1. The van der Waals surface area contributed by atoms with Crippen LogP contribution in [-0.4, -0.2) is 44.3 Å². The van der Waals surface area contributed by atoms with Gasteiger partial charge in [-0.1, -0.05) is 0 Å². The average molecular weight is 318 g/mol. The van der Waals surface area contributed by atoms with Crippen LogP contribution in [0.25, 0.3) is 11.0 Å². The third-order valence-corrected chi connectivity index (χ3v) is 3.64. The van der Waals surface area contributed by atoms with Crippen molar-refractivity contribution < 1.29 is 14.3 Å². The number of hydrogen-bond donors (Lipinski definition) is 1. The molecule has 3 heterocycles. The lowest BCUT2D eigenvalue weighted by Crippen LogP contribution is -2.48. The fraction of sp³-hybridized carbons (Fsp3) is 0.562. The van der Waals surface area contributed by atoms with E-state index in [9.17, 15) is 4.79 Å². The van der Waals surface area contributed by atoms with Gasteiger partial charge in [-0.3, -0.25) is 4.90 Å². The Balaban J connectivity index is 1.79. The van der Waals surface area contributed by atoms with Crippen molar-refractivity contribution in [3.05, 3.63) is 18.6 Å². The maximum atomic E-state index is 12.4. The minimum atomic E-state index is -0.526. The molecule has 0 spiro atoms. The first-order valence-corrected chi connectivity index (χ1v) is 7.88. The highest BCUT2D eigenvalue weighted by molar-refractivity contribution is 5.80. The van der Waals surface area contributed by atoms with E-state index in [0.29, 0.717) is 12.4 Å². The van der Waals surface area contributed by atoms with Gasteiger partial charge in [0.2, 0.25) is 5.88 Å². The molecule has 0 aliphatic carbocycles. The van der Waals surface area contributed by atoms with Crippen LogP contribution in [0.3, 0.4) is 0 Å². The molecule has 1 amide bonds. The number of carbonyl (C=O) groups excluding carboxylic acids is 1. The first-order valence-electron chi connectivity index (χ1n) is 7.88. The van der Waals surface area contributed by atoms with Gasteiger partial charge in [0.05, 0.1) is 5.39 Å². The fourth-order valence-corrected chi connectivity index (χ4v) is 2.62. The number of carbonyl (C=O) groups is 1. The molecule has 124 valence electrons. The van der Waals surface area contributed by atoms with Crippen LogP contribution in [0.1, 0.15) is 40.0 Å². The highest BCUT2D eigenvalue weighted by Gasteiger charge is 2.32. The number of aromatic amines is 1. The highest BCUT2D eigenvalue weighted by Crippen LogP contribution is 2.26. The first-order chi connectivity index (χ1) is 10.9. The molecule has 0 aromatic carbocycles. The molecule has 2 aromatic heterocycles. The Morgan fingerprint density at radius 2 is 2.17 bits per heavy atom. The second kappa shape index (κ2) is 6.06. The molecule has 1 aliphatic rings. The number of H-pyrrole nitrogens is 1. The minimum Gasteiger partial charge on any atom is -0.453 e. The zero-order chi connectivity index (χ0) is 16.4. The number of rotatable bonds is 2. The molecular weight excluding hydrogens is 296 g/mol. The van der Waals surface area contributed by atoms with E-state index in [4.69, 9.17) is 9.47 Å². The first kappa shape index (κ1) is 15.6. The number of fused-ring (bicyclic) bond motifs is 1. The summed E-state index contributed by atoms with van der Waals surface area (Å²) in [5, 5.41) is 0.808. The Morgan fingerprint density at radius 1 is 1.35 bits per heavy atom. The Bertz CT molecular complexity index is 692. The summed E-state index contributed by atoms with van der Waals surface area (Å²) in [5.41, 5.74) is 0.191. The molecule has 2 aromatic rings. The highest BCUT2D eigenvalue weighted by atomic mass is 16.6. The van der Waals surface area contributed by atoms with Crippen molar-refractivity contribution in [1.29, 1.82) is 0 Å². The van der Waals surface area contributed by atoms with Gasteiger partial charge in [0.25, 0.3) is 0 Å². The summed E-state index contributed by atoms with van der Waals surface area (Å²) in [6.45, 7) is 6.20. The zero-order valence-electron chi connectivity index (χ0n) is 13.7. The van der Waals surface area contributed by atoms with Crippen molar-refractivity contribution in [3.63, 3.8) is 0 Å². The Morgan fingerprint density at radius 3 is 2.96 bits per heavy atom. The van der Waals surface area contributed by atoms with Gasteiger partial charge in [-0.25, -0.2) is 14.8 Å². The Kier molecular flexibility index (Phi) is 4.11. The zero-order valence-corrected chi connectivity index (χ0v) is 13.7. The molecule has 1 N–H and O–H groups in total. The molecule has 0 radical (unpaired) electrons. The fourth-order valence-electron chi connectivity index (χ4n) is 2.62. The van der Waals surface area contributed by atoms with Crippen LogP contribution in [0.5, 0.6) is 5.88 Å². The summed E-state index contributed by atoms with van der Waals surface area (Å²) in [6.07, 6.45) is 5.24. The summed E-state index contributed by atoms with van der Waals surface area (Å²) < 4.78 is 11.5. The number of ether oxygens (including phenoxy) is 2. The van der Waals surface area contributed by atoms with Gasteiger partial charge in [-0.2, -0.15) is 0 Å². The third-order valence-electron chi connectivity index (χ3n) is 3.64. The van der Waals surface area contributed by atoms with E-state index in [1.165, 1.54) is 6.33 Å². The standard InChI is InChI=1S/C16H22N4O3/c1-16(2,3)23-15(21)20-9-5-4-6-12(20)22-14-11-7-8-17-13(11)18-10-19-14/h7-8,10,12H,4-6,9H2,1-3H3,(H,17,18,19)/t12-/m0/s1. The average Bonchev–Trinajstić information content (AvgIpc) is 2.95. The molecule has 0 unspecified atom stereocenters. The lowest BCUT2D eigenvalue weighted by molar-refractivity contribution is -0.0350. The van der Waals surface area contributed by atoms with Crippen molar-refractivity contribution in [2.45, 2.75) is 51.9 Å². The van der Waals surface area contributed by atoms with Crippen LogP contribution in [0, 0.1) is 0 Å². The second-order valence-corrected chi connectivity index (χ2v) is 6.66. The number of aromatic nitrogens is 3. The van der Waals surface area contributed by atoms with Gasteiger partial charge in [0, 0.05) is 19.2 Å². The maximum Gasteiger partial charge on any atom is 0.413 e. The van der Waals surface area contributed by atoms with Crippen molar-refractivity contribution in [2.24, 2.45) is 0 Å². The molecule has 0 bridgehead atoms. The smallest absolute Gasteiger partial charge is 0.413 e. The van der Waals surface area contributed by atoms with Crippen molar-refractivity contribution >= 4 is 17.1 Å². The van der Waals surface area contributed by atoms with E-state index in [1.54, 1.807) is 11.1 Å². The van der Waals surface area contributed by atoms with Crippen molar-refractivity contribution in [3.8, 4) is 5.88 Å². The van der Waals surface area contributed by atoms with Gasteiger partial charge in [0.1, 0.15) is 17.6 Å². The molecule has 0 saturated carbocycles. The molecule has 1 fully saturated rings. The molecule has 7 nitrogen and oxygen atoms in total. The predicted molar refractivity (Wildman–Crippen MR) is 85.1 cm³/mol. The topological polar surface area (TPSA) is 80.3 Å². The molecule has 1 aliphatic heterocycles. The summed E-state index contributed by atoms with van der Waals surface area (Å²) in [5.74, 6) is 0.483. The van der Waals surface area contributed by atoms with Gasteiger partial charge < -0.3 is 14.5 Å². The van der Waals surface area contributed by atoms with Crippen molar-refractivity contribution in [1.82, 2.24) is 19.9 Å². The monoisotopic (exact) mass is 318 g/mol. The lowest BCUT2D eigenvalue weighted by atomic mass is 10.1. The molecule has 7 heteroatoms. The van der Waals surface area contributed by atoms with E-state index in [1.807, 2.05) is 26.8 Å². The van der Waals surface area contributed by atoms with E-state index in [-0.39, 0.29) is 12.3 Å². The number of amides is 1. The van der Waals surface area contributed by atoms with Crippen LogP contribution in [0.15, 0.2) is 18.6 Å². The summed E-state index contributed by atoms with van der Waals surface area (Å²) >= 11 is 0. The quantitative estimate of drug-likeness (QED) is 0.920. The Labute approximate surface area is 135 Å². The van der Waals surface area contributed by atoms with Gasteiger partial charge in [-0.05, 0) is 39.7 Å². The predicted octanol–water partition coefficient (Wildman–Crippen LogP) is 3.08. The van der Waals surface area contributed by atoms with Crippen LogP contribution in [0.4, 0.5) is 4.79 Å².